The van der Waals surface area contributed by atoms with Crippen LogP contribution in [0.3, 0.4) is 0 Å². The molecule has 2 bridgehead atoms. The molecule has 106 valence electrons. The average molecular weight is 265 g/mol. The Morgan fingerprint density at radius 3 is 2.16 bits per heavy atom. The van der Waals surface area contributed by atoms with Gasteiger partial charge in [-0.25, -0.2) is 4.79 Å². The number of nitrogens with one attached hydrogen (secondary N) is 2. The molecule has 5 nitrogen and oxygen atoms in total. The molecular weight excluding hydrogens is 242 g/mol. The van der Waals surface area contributed by atoms with Crippen LogP contribution in [0.15, 0.2) is 0 Å². The summed E-state index contributed by atoms with van der Waals surface area (Å²) in [6.45, 7) is 6.25. The van der Waals surface area contributed by atoms with Gasteiger partial charge >= 0.3 is 6.03 Å². The van der Waals surface area contributed by atoms with E-state index in [4.69, 9.17) is 0 Å². The highest BCUT2D eigenvalue weighted by Gasteiger charge is 2.59. The zero-order valence-electron chi connectivity index (χ0n) is 11.7. The monoisotopic (exact) mass is 265 g/mol. The summed E-state index contributed by atoms with van der Waals surface area (Å²) in [5.41, 5.74) is -0.626. The highest BCUT2D eigenvalue weighted by Crippen LogP contribution is 2.43. The van der Waals surface area contributed by atoms with Gasteiger partial charge in [-0.2, -0.15) is 0 Å². The first-order valence-corrected chi connectivity index (χ1v) is 7.41. The summed E-state index contributed by atoms with van der Waals surface area (Å²) < 4.78 is 0. The number of amides is 3. The molecule has 5 heteroatoms. The number of urea groups is 1. The fourth-order valence-corrected chi connectivity index (χ4v) is 4.16. The molecule has 2 saturated heterocycles. The summed E-state index contributed by atoms with van der Waals surface area (Å²) in [6.07, 6.45) is 4.40. The zero-order chi connectivity index (χ0) is 13.6. The number of hydrogen-bond acceptors (Lipinski definition) is 3. The smallest absolute Gasteiger partial charge is 0.322 e. The van der Waals surface area contributed by atoms with Crippen LogP contribution >= 0.6 is 0 Å². The van der Waals surface area contributed by atoms with E-state index in [-0.39, 0.29) is 23.8 Å². The Labute approximate surface area is 114 Å². The third kappa shape index (κ3) is 1.86. The molecule has 0 unspecified atom stereocenters. The summed E-state index contributed by atoms with van der Waals surface area (Å²) >= 11 is 0. The maximum absolute atomic E-state index is 12.4. The van der Waals surface area contributed by atoms with Crippen LogP contribution in [0, 0.1) is 11.8 Å². The van der Waals surface area contributed by atoms with Crippen LogP contribution in [0.5, 0.6) is 0 Å². The number of carbonyl (C=O) groups is 2. The number of rotatable bonds is 1. The Morgan fingerprint density at radius 1 is 1.16 bits per heavy atom. The second-order valence-corrected chi connectivity index (χ2v) is 6.50. The molecule has 2 N–H and O–H groups in total. The van der Waals surface area contributed by atoms with Gasteiger partial charge in [-0.3, -0.25) is 10.1 Å². The van der Waals surface area contributed by atoms with Gasteiger partial charge in [0.15, 0.2) is 0 Å². The van der Waals surface area contributed by atoms with E-state index in [1.54, 1.807) is 0 Å². The molecule has 0 aromatic carbocycles. The van der Waals surface area contributed by atoms with Gasteiger partial charge in [0.2, 0.25) is 0 Å². The Hall–Kier alpha value is -1.10. The molecule has 3 aliphatic rings. The van der Waals surface area contributed by atoms with Crippen LogP contribution in [-0.2, 0) is 4.79 Å². The summed E-state index contributed by atoms with van der Waals surface area (Å²) in [6, 6.07) is 0.195. The number of piperidine rings is 1. The van der Waals surface area contributed by atoms with E-state index in [9.17, 15) is 9.59 Å². The van der Waals surface area contributed by atoms with Crippen LogP contribution < -0.4 is 10.6 Å². The van der Waals surface area contributed by atoms with Gasteiger partial charge in [0, 0.05) is 31.0 Å². The van der Waals surface area contributed by atoms with Crippen LogP contribution in [0.1, 0.15) is 39.5 Å². The van der Waals surface area contributed by atoms with Crippen molar-refractivity contribution < 1.29 is 9.59 Å². The molecule has 2 aliphatic heterocycles. The van der Waals surface area contributed by atoms with E-state index in [1.165, 1.54) is 0 Å². The van der Waals surface area contributed by atoms with Crippen molar-refractivity contribution >= 4 is 11.9 Å². The highest BCUT2D eigenvalue weighted by molar-refractivity contribution is 6.07. The molecule has 3 rings (SSSR count). The Kier molecular flexibility index (Phi) is 3.04. The normalized spacial score (nSPS) is 39.3. The third-order valence-electron chi connectivity index (χ3n) is 5.21. The topological polar surface area (TPSA) is 61.4 Å². The lowest BCUT2D eigenvalue weighted by atomic mass is 9.69. The molecule has 3 amide bonds. The van der Waals surface area contributed by atoms with Crippen molar-refractivity contribution in [3.8, 4) is 0 Å². The number of hydrogen-bond donors (Lipinski definition) is 2. The van der Waals surface area contributed by atoms with Gasteiger partial charge in [-0.05, 0) is 26.7 Å². The minimum absolute atomic E-state index is 0.0854. The maximum Gasteiger partial charge on any atom is 0.322 e. The fourth-order valence-electron chi connectivity index (χ4n) is 4.16. The lowest BCUT2D eigenvalue weighted by Crippen LogP contribution is -2.66. The predicted molar refractivity (Wildman–Crippen MR) is 71.6 cm³/mol. The second-order valence-electron chi connectivity index (χ2n) is 6.50. The lowest BCUT2D eigenvalue weighted by Gasteiger charge is -2.49. The van der Waals surface area contributed by atoms with E-state index >= 15 is 0 Å². The quantitative estimate of drug-likeness (QED) is 0.698. The molecule has 0 aromatic rings. The van der Waals surface area contributed by atoms with Crippen molar-refractivity contribution in [1.82, 2.24) is 15.5 Å². The van der Waals surface area contributed by atoms with Gasteiger partial charge < -0.3 is 10.2 Å². The number of imide groups is 1. The molecule has 1 saturated carbocycles. The summed E-state index contributed by atoms with van der Waals surface area (Å²) in [5, 5.41) is 5.46. The van der Waals surface area contributed by atoms with Crippen molar-refractivity contribution in [3.05, 3.63) is 0 Å². The maximum atomic E-state index is 12.4. The SMILES string of the molecule is CC(C)N1C[C@H]2CCCC[C@H](C1)C21NC(=O)NC1=O. The Balaban J connectivity index is 1.96. The molecule has 2 heterocycles. The van der Waals surface area contributed by atoms with Crippen molar-refractivity contribution in [2.24, 2.45) is 11.8 Å². The molecule has 19 heavy (non-hydrogen) atoms. The van der Waals surface area contributed by atoms with Gasteiger partial charge in [-0.1, -0.05) is 12.8 Å². The van der Waals surface area contributed by atoms with Crippen LogP contribution in [-0.4, -0.2) is 41.5 Å². The zero-order valence-corrected chi connectivity index (χ0v) is 11.7. The number of nitrogens with zero attached hydrogens (tertiary/aromatic N) is 1. The average Bonchev–Trinajstić information content (AvgIpc) is 2.60. The number of carbonyl (C=O) groups excluding carboxylic acids is 2. The van der Waals surface area contributed by atoms with E-state index in [0.29, 0.717) is 6.04 Å². The van der Waals surface area contributed by atoms with E-state index in [2.05, 4.69) is 29.4 Å². The molecule has 1 aliphatic carbocycles. The minimum Gasteiger partial charge on any atom is -0.323 e. The van der Waals surface area contributed by atoms with E-state index < -0.39 is 5.54 Å². The largest absolute Gasteiger partial charge is 0.323 e. The van der Waals surface area contributed by atoms with Gasteiger partial charge in [-0.15, -0.1) is 0 Å². The lowest BCUT2D eigenvalue weighted by molar-refractivity contribution is -0.132. The van der Waals surface area contributed by atoms with Crippen molar-refractivity contribution in [3.63, 3.8) is 0 Å². The first-order chi connectivity index (χ1) is 9.04. The molecule has 3 fully saturated rings. The first-order valence-electron chi connectivity index (χ1n) is 7.41. The van der Waals surface area contributed by atoms with Crippen LogP contribution in [0.25, 0.3) is 0 Å². The van der Waals surface area contributed by atoms with E-state index in [1.807, 2.05) is 0 Å². The van der Waals surface area contributed by atoms with Gasteiger partial charge in [0.05, 0.1) is 0 Å². The highest BCUT2D eigenvalue weighted by atomic mass is 16.2. The summed E-state index contributed by atoms with van der Waals surface area (Å²) in [5.74, 6) is 0.419. The first kappa shape index (κ1) is 12.9. The molecule has 1 spiro atoms. The third-order valence-corrected chi connectivity index (χ3v) is 5.21. The standard InChI is InChI=1S/C14H23N3O2/c1-9(2)17-7-10-5-3-4-6-11(8-17)14(10)12(18)15-13(19)16-14/h9-11H,3-8H2,1-2H3,(H2,15,16,18,19)/t10-,11-/m1/s1. The second kappa shape index (κ2) is 4.47. The molecule has 2 atom stereocenters. The summed E-state index contributed by atoms with van der Waals surface area (Å²) in [4.78, 5) is 26.5. The Morgan fingerprint density at radius 2 is 1.74 bits per heavy atom. The van der Waals surface area contributed by atoms with Gasteiger partial charge in [0.1, 0.15) is 5.54 Å². The molecule has 0 aromatic heterocycles. The number of likely N-dealkylation sites (tertiary alicyclic amines) is 1. The van der Waals surface area contributed by atoms with Crippen molar-refractivity contribution in [2.45, 2.75) is 51.1 Å². The fraction of sp³-hybridized carbons (Fsp3) is 0.857. The predicted octanol–water partition coefficient (Wildman–Crippen LogP) is 1.09. The molecule has 0 radical (unpaired) electrons. The Bertz CT molecular complexity index is 391. The summed E-state index contributed by atoms with van der Waals surface area (Å²) in [7, 11) is 0. The van der Waals surface area contributed by atoms with Crippen LogP contribution in [0.4, 0.5) is 4.79 Å². The van der Waals surface area contributed by atoms with E-state index in [0.717, 1.165) is 38.8 Å². The molecular formula is C14H23N3O2. The van der Waals surface area contributed by atoms with Crippen LogP contribution in [0.2, 0.25) is 0 Å². The van der Waals surface area contributed by atoms with Crippen molar-refractivity contribution in [2.75, 3.05) is 13.1 Å². The van der Waals surface area contributed by atoms with Crippen molar-refractivity contribution in [1.29, 1.82) is 0 Å². The van der Waals surface area contributed by atoms with Gasteiger partial charge in [0.25, 0.3) is 5.91 Å². The minimum atomic E-state index is -0.626.